The summed E-state index contributed by atoms with van der Waals surface area (Å²) >= 11 is 0. The molecule has 0 rings (SSSR count). The van der Waals surface area contributed by atoms with Gasteiger partial charge in [0.25, 0.3) is 0 Å². The molecule has 0 N–H and O–H groups in total. The molecule has 0 aromatic heterocycles. The van der Waals surface area contributed by atoms with Crippen LogP contribution in [0.4, 0.5) is 0 Å². The molecular formula is C43H95N3W2Y-2. The van der Waals surface area contributed by atoms with E-state index in [2.05, 4.69) is 180 Å². The van der Waals surface area contributed by atoms with E-state index in [1.807, 2.05) is 41.5 Å². The molecule has 1 radical (unpaired) electrons. The van der Waals surface area contributed by atoms with Crippen LogP contribution in [-0.2, 0) is 74.8 Å². The molecule has 0 aliphatic rings. The van der Waals surface area contributed by atoms with Gasteiger partial charge in [0.1, 0.15) is 0 Å². The van der Waals surface area contributed by atoms with E-state index in [1.165, 1.54) is 0 Å². The van der Waals surface area contributed by atoms with Crippen molar-refractivity contribution in [2.45, 2.75) is 183 Å². The molecule has 0 heterocycles. The standard InChI is InChI=1S/C13H27N.2C12H25N.3C2H6.2W.Y/c1-9-14(13(6,7)8)10-11(2)12(3,4)5;2*1-8-13(12(5,6)7)10-9-11(2,3)4;3*1-2;;;/h11H,1-2,9-10H2,3-8H3;2*9H,1,8,10H2,2-7H3;3*1-2H3;;;/q3*-2;;;;2*+2;. The zero-order valence-corrected chi connectivity index (χ0v) is 47.2. The number of hydrogen-bond acceptors (Lipinski definition) is 3. The number of hydrogen-bond donors (Lipinski definition) is 0. The van der Waals surface area contributed by atoms with Crippen LogP contribution >= 0.6 is 0 Å². The second-order valence-electron chi connectivity index (χ2n) is 17.6. The Hall–Kier alpha value is 2.36. The molecule has 1 atom stereocenters. The van der Waals surface area contributed by atoms with Crippen molar-refractivity contribution in [3.05, 3.63) is 40.5 Å². The molecule has 0 aliphatic carbocycles. The monoisotopic (exact) mass is 1110 g/mol. The fourth-order valence-electron chi connectivity index (χ4n) is 3.41. The Morgan fingerprint density at radius 2 is 0.653 bits per heavy atom. The smallest absolute Gasteiger partial charge is 0.358 e. The van der Waals surface area contributed by atoms with Crippen molar-refractivity contribution in [2.75, 3.05) is 39.3 Å². The van der Waals surface area contributed by atoms with E-state index >= 15 is 0 Å². The summed E-state index contributed by atoms with van der Waals surface area (Å²) in [6, 6.07) is 0. The Labute approximate surface area is 371 Å². The molecule has 0 bridgehead atoms. The van der Waals surface area contributed by atoms with Crippen molar-refractivity contribution in [3.8, 4) is 0 Å². The maximum atomic E-state index is 4.24. The van der Waals surface area contributed by atoms with E-state index in [1.54, 1.807) is 0 Å². The maximum absolute atomic E-state index is 4.24. The van der Waals surface area contributed by atoms with Crippen molar-refractivity contribution in [1.29, 1.82) is 0 Å². The minimum atomic E-state index is 0. The van der Waals surface area contributed by atoms with Crippen LogP contribution in [0, 0.1) is 62.7 Å². The van der Waals surface area contributed by atoms with Gasteiger partial charge in [-0.1, -0.05) is 109 Å². The first-order chi connectivity index (χ1) is 20.4. The Morgan fingerprint density at radius 1 is 0.449 bits per heavy atom. The van der Waals surface area contributed by atoms with Gasteiger partial charge in [0.15, 0.2) is 0 Å². The summed E-state index contributed by atoms with van der Waals surface area (Å²) in [5, 5.41) is 0. The van der Waals surface area contributed by atoms with Gasteiger partial charge in [-0.25, -0.2) is 0 Å². The van der Waals surface area contributed by atoms with Crippen LogP contribution in [0.15, 0.2) is 0 Å². The van der Waals surface area contributed by atoms with Gasteiger partial charge >= 0.3 is 42.1 Å². The van der Waals surface area contributed by atoms with Crippen molar-refractivity contribution >= 4 is 0 Å². The van der Waals surface area contributed by atoms with Gasteiger partial charge < -0.3 is 55.2 Å². The van der Waals surface area contributed by atoms with Gasteiger partial charge in [-0.2, -0.15) is 16.7 Å². The largest absolute Gasteiger partial charge is 2.00 e. The van der Waals surface area contributed by atoms with Gasteiger partial charge in [-0.3, -0.25) is 0 Å². The van der Waals surface area contributed by atoms with Crippen LogP contribution < -0.4 is 0 Å². The second-order valence-corrected chi connectivity index (χ2v) is 17.6. The van der Waals surface area contributed by atoms with Crippen LogP contribution in [-0.4, -0.2) is 70.6 Å². The first kappa shape index (κ1) is 72.6. The first-order valence-electron chi connectivity index (χ1n) is 18.6. The molecule has 0 fully saturated rings. The molecule has 0 aromatic carbocycles. The Balaban J connectivity index is -0.0000000630. The maximum Gasteiger partial charge on any atom is 2.00 e. The minimum Gasteiger partial charge on any atom is -0.358 e. The number of rotatable bonds is 9. The topological polar surface area (TPSA) is 9.72 Å². The summed E-state index contributed by atoms with van der Waals surface area (Å²) in [4.78, 5) is 7.13. The van der Waals surface area contributed by atoms with Crippen LogP contribution in [0.25, 0.3) is 0 Å². The second kappa shape index (κ2) is 36.0. The van der Waals surface area contributed by atoms with Crippen molar-refractivity contribution < 1.29 is 74.8 Å². The predicted octanol–water partition coefficient (Wildman–Crippen LogP) is 12.8. The molecule has 0 spiro atoms. The van der Waals surface area contributed by atoms with Gasteiger partial charge in [-0.15, -0.1) is 32.7 Å². The zero-order valence-electron chi connectivity index (χ0n) is 38.5. The summed E-state index contributed by atoms with van der Waals surface area (Å²) in [6.45, 7) is 74.0. The quantitative estimate of drug-likeness (QED) is 0.213. The fourth-order valence-corrected chi connectivity index (χ4v) is 3.41. The van der Waals surface area contributed by atoms with Crippen molar-refractivity contribution in [1.82, 2.24) is 14.7 Å². The van der Waals surface area contributed by atoms with Crippen LogP contribution in [0.1, 0.15) is 166 Å². The van der Waals surface area contributed by atoms with Crippen LogP contribution in [0.5, 0.6) is 0 Å². The minimum absolute atomic E-state index is 0. The average Bonchev–Trinajstić information content (AvgIpc) is 2.88. The molecule has 0 amide bonds. The summed E-state index contributed by atoms with van der Waals surface area (Å²) in [6.07, 6.45) is 4.70. The van der Waals surface area contributed by atoms with E-state index in [-0.39, 0.29) is 96.9 Å². The van der Waals surface area contributed by atoms with E-state index < -0.39 is 0 Å². The first-order valence-corrected chi connectivity index (χ1v) is 18.6. The number of nitrogens with zero attached hydrogens (tertiary/aromatic N) is 3. The molecular weight excluding hydrogens is 1020 g/mol. The SMILES string of the molecule is CC.CC.CC.[CH2-]CN(CC([CH2-])C(C)(C)C)C(C)(C)C.[CH2-]CN(C[CH-]C(C)(C)C)C(C)(C)C.[CH2-]CN(C[CH-]C(C)(C)C)C(C)(C)C.[W+2].[W+2].[Y]. The molecule has 0 aliphatic heterocycles. The summed E-state index contributed by atoms with van der Waals surface area (Å²) in [5.41, 5.74) is 1.53. The van der Waals surface area contributed by atoms with Crippen LogP contribution in [0.2, 0.25) is 0 Å². The normalized spacial score (nSPS) is 12.3. The molecule has 6 heteroatoms. The van der Waals surface area contributed by atoms with E-state index in [0.717, 1.165) is 39.3 Å². The molecule has 0 saturated heterocycles. The molecule has 3 nitrogen and oxygen atoms in total. The molecule has 0 aromatic rings. The third-order valence-corrected chi connectivity index (χ3v) is 7.17. The molecule has 299 valence electrons. The van der Waals surface area contributed by atoms with Crippen molar-refractivity contribution in [3.63, 3.8) is 0 Å². The van der Waals surface area contributed by atoms with E-state index in [0.29, 0.717) is 16.7 Å². The van der Waals surface area contributed by atoms with Gasteiger partial charge in [-0.05, 0) is 68.9 Å². The van der Waals surface area contributed by atoms with Crippen LogP contribution in [0.3, 0.4) is 0 Å². The van der Waals surface area contributed by atoms with Crippen molar-refractivity contribution in [2.24, 2.45) is 22.2 Å². The summed E-state index contributed by atoms with van der Waals surface area (Å²) in [5.74, 6) is 0.448. The third kappa shape index (κ3) is 50.4. The van der Waals surface area contributed by atoms with E-state index in [9.17, 15) is 0 Å². The van der Waals surface area contributed by atoms with Gasteiger partial charge in [0.05, 0.1) is 0 Å². The van der Waals surface area contributed by atoms with Gasteiger partial charge in [0, 0.05) is 49.3 Å². The summed E-state index contributed by atoms with van der Waals surface area (Å²) in [7, 11) is 0. The Morgan fingerprint density at radius 3 is 0.776 bits per heavy atom. The zero-order chi connectivity index (χ0) is 39.0. The molecule has 49 heavy (non-hydrogen) atoms. The Kier molecular flexibility index (Phi) is 53.4. The summed E-state index contributed by atoms with van der Waals surface area (Å²) < 4.78 is 0. The Bertz CT molecular complexity index is 592. The van der Waals surface area contributed by atoms with Gasteiger partial charge in [0.2, 0.25) is 0 Å². The fraction of sp³-hybridized carbons (Fsp3) is 0.860. The predicted molar refractivity (Wildman–Crippen MR) is 220 cm³/mol. The average molecular weight is 1110 g/mol. The third-order valence-electron chi connectivity index (χ3n) is 7.17. The molecule has 0 saturated carbocycles. The van der Waals surface area contributed by atoms with E-state index in [4.69, 9.17) is 0 Å². The molecule has 1 unspecified atom stereocenters.